The van der Waals surface area contributed by atoms with Crippen molar-refractivity contribution in [3.05, 3.63) is 29.3 Å². The Morgan fingerprint density at radius 3 is 2.20 bits per heavy atom. The van der Waals surface area contributed by atoms with Crippen LogP contribution in [0, 0.1) is 17.6 Å². The van der Waals surface area contributed by atoms with E-state index in [0.29, 0.717) is 18.0 Å². The number of nitrogens with one attached hydrogen (secondary N) is 1. The second-order valence-corrected chi connectivity index (χ2v) is 5.88. The van der Waals surface area contributed by atoms with Crippen molar-refractivity contribution >= 4 is 0 Å². The van der Waals surface area contributed by atoms with Crippen molar-refractivity contribution in [2.45, 2.75) is 32.9 Å². The van der Waals surface area contributed by atoms with Gasteiger partial charge in [-0.1, -0.05) is 13.8 Å². The Bertz CT molecular complexity index is 403. The van der Waals surface area contributed by atoms with E-state index in [0.717, 1.165) is 25.1 Å². The summed E-state index contributed by atoms with van der Waals surface area (Å²) in [7, 11) is 3.99. The molecule has 0 radical (unpaired) electrons. The molecule has 0 aliphatic heterocycles. The quantitative estimate of drug-likeness (QED) is 0.809. The van der Waals surface area contributed by atoms with E-state index >= 15 is 0 Å². The van der Waals surface area contributed by atoms with Gasteiger partial charge >= 0.3 is 0 Å². The Labute approximate surface area is 119 Å². The molecule has 0 bridgehead atoms. The number of halogens is 2. The van der Waals surface area contributed by atoms with Gasteiger partial charge < -0.3 is 15.3 Å². The first-order chi connectivity index (χ1) is 9.29. The van der Waals surface area contributed by atoms with E-state index in [1.54, 1.807) is 0 Å². The van der Waals surface area contributed by atoms with Gasteiger partial charge in [-0.25, -0.2) is 8.78 Å². The minimum absolute atomic E-state index is 0.255. The molecular weight excluding hydrogens is 262 g/mol. The Balaban J connectivity index is 2.66. The van der Waals surface area contributed by atoms with E-state index in [-0.39, 0.29) is 6.04 Å². The molecule has 0 heterocycles. The second kappa shape index (κ2) is 7.55. The first-order valence-electron chi connectivity index (χ1n) is 6.84. The molecule has 1 unspecified atom stereocenters. The number of likely N-dealkylation sites (N-methyl/N-ethyl adjacent to an activating group) is 1. The van der Waals surface area contributed by atoms with Crippen LogP contribution in [0.25, 0.3) is 0 Å². The van der Waals surface area contributed by atoms with Gasteiger partial charge in [0.2, 0.25) is 0 Å². The maximum absolute atomic E-state index is 13.3. The smallest absolute Gasteiger partial charge is 0.187 e. The fourth-order valence-electron chi connectivity index (χ4n) is 2.21. The molecule has 0 amide bonds. The Morgan fingerprint density at radius 1 is 1.20 bits per heavy atom. The number of phenols is 1. The molecule has 1 aromatic rings. The lowest BCUT2D eigenvalue weighted by atomic mass is 10.0. The van der Waals surface area contributed by atoms with E-state index in [9.17, 15) is 8.78 Å². The van der Waals surface area contributed by atoms with Crippen LogP contribution in [0.2, 0.25) is 0 Å². The standard InChI is InChI=1S/C15H24F2N2O/c1-10(2)5-12(9-19(3)4)18-8-11-6-13(16)15(20)14(17)7-11/h6-7,10,12,18,20H,5,8-9H2,1-4H3. The third-order valence-electron chi connectivity index (χ3n) is 3.01. The molecule has 5 heteroatoms. The summed E-state index contributed by atoms with van der Waals surface area (Å²) in [6.45, 7) is 5.52. The highest BCUT2D eigenvalue weighted by atomic mass is 19.1. The van der Waals surface area contributed by atoms with E-state index in [2.05, 4.69) is 24.1 Å². The van der Waals surface area contributed by atoms with Crippen molar-refractivity contribution < 1.29 is 13.9 Å². The third-order valence-corrected chi connectivity index (χ3v) is 3.01. The van der Waals surface area contributed by atoms with Gasteiger partial charge in [0.15, 0.2) is 17.4 Å². The van der Waals surface area contributed by atoms with Crippen molar-refractivity contribution in [2.24, 2.45) is 5.92 Å². The van der Waals surface area contributed by atoms with E-state index in [4.69, 9.17) is 5.11 Å². The second-order valence-electron chi connectivity index (χ2n) is 5.88. The Kier molecular flexibility index (Phi) is 6.36. The van der Waals surface area contributed by atoms with Crippen molar-refractivity contribution in [1.82, 2.24) is 10.2 Å². The predicted molar refractivity (Wildman–Crippen MR) is 76.7 cm³/mol. The van der Waals surface area contributed by atoms with Crippen molar-refractivity contribution in [2.75, 3.05) is 20.6 Å². The normalized spacial score (nSPS) is 13.2. The summed E-state index contributed by atoms with van der Waals surface area (Å²) in [5, 5.41) is 12.4. The number of nitrogens with zero attached hydrogens (tertiary/aromatic N) is 1. The topological polar surface area (TPSA) is 35.5 Å². The zero-order chi connectivity index (χ0) is 15.3. The van der Waals surface area contributed by atoms with Gasteiger partial charge in [-0.3, -0.25) is 0 Å². The van der Waals surface area contributed by atoms with Gasteiger partial charge in [0, 0.05) is 19.1 Å². The lowest BCUT2D eigenvalue weighted by Crippen LogP contribution is -2.38. The maximum Gasteiger partial charge on any atom is 0.187 e. The first-order valence-corrected chi connectivity index (χ1v) is 6.84. The molecule has 3 nitrogen and oxygen atoms in total. The third kappa shape index (κ3) is 5.43. The van der Waals surface area contributed by atoms with Crippen LogP contribution in [-0.2, 0) is 6.54 Å². The highest BCUT2D eigenvalue weighted by Crippen LogP contribution is 2.21. The molecule has 1 aromatic carbocycles. The highest BCUT2D eigenvalue weighted by molar-refractivity contribution is 5.29. The van der Waals surface area contributed by atoms with Crippen LogP contribution >= 0.6 is 0 Å². The van der Waals surface area contributed by atoms with E-state index in [1.807, 2.05) is 14.1 Å². The van der Waals surface area contributed by atoms with Gasteiger partial charge in [-0.05, 0) is 44.1 Å². The molecule has 0 fully saturated rings. The predicted octanol–water partition coefficient (Wildman–Crippen LogP) is 2.74. The average molecular weight is 286 g/mol. The zero-order valence-electron chi connectivity index (χ0n) is 12.6. The van der Waals surface area contributed by atoms with Crippen LogP contribution in [0.4, 0.5) is 8.78 Å². The van der Waals surface area contributed by atoms with Crippen molar-refractivity contribution in [3.8, 4) is 5.75 Å². The first kappa shape index (κ1) is 16.9. The molecule has 0 aromatic heterocycles. The fourth-order valence-corrected chi connectivity index (χ4v) is 2.21. The van der Waals surface area contributed by atoms with Gasteiger partial charge in [0.05, 0.1) is 0 Å². The number of hydrogen-bond acceptors (Lipinski definition) is 3. The molecule has 20 heavy (non-hydrogen) atoms. The van der Waals surface area contributed by atoms with Crippen LogP contribution in [0.3, 0.4) is 0 Å². The number of rotatable bonds is 7. The summed E-state index contributed by atoms with van der Waals surface area (Å²) >= 11 is 0. The molecular formula is C15H24F2N2O. The zero-order valence-corrected chi connectivity index (χ0v) is 12.6. The molecule has 0 saturated heterocycles. The van der Waals surface area contributed by atoms with Crippen LogP contribution < -0.4 is 5.32 Å². The summed E-state index contributed by atoms with van der Waals surface area (Å²) in [6, 6.07) is 2.58. The molecule has 2 N–H and O–H groups in total. The van der Waals surface area contributed by atoms with E-state index < -0.39 is 17.4 Å². The summed E-state index contributed by atoms with van der Waals surface area (Å²) in [5.41, 5.74) is 0.491. The van der Waals surface area contributed by atoms with Gasteiger partial charge in [0.25, 0.3) is 0 Å². The minimum atomic E-state index is -0.921. The van der Waals surface area contributed by atoms with Crippen LogP contribution in [-0.4, -0.2) is 36.7 Å². The maximum atomic E-state index is 13.3. The highest BCUT2D eigenvalue weighted by Gasteiger charge is 2.13. The Morgan fingerprint density at radius 2 is 1.75 bits per heavy atom. The molecule has 1 rings (SSSR count). The van der Waals surface area contributed by atoms with Crippen molar-refractivity contribution in [3.63, 3.8) is 0 Å². The van der Waals surface area contributed by atoms with Gasteiger partial charge in [-0.15, -0.1) is 0 Å². The summed E-state index contributed by atoms with van der Waals surface area (Å²) in [6.07, 6.45) is 0.987. The lowest BCUT2D eigenvalue weighted by molar-refractivity contribution is 0.304. The molecule has 0 aliphatic carbocycles. The number of aromatic hydroxyl groups is 1. The van der Waals surface area contributed by atoms with E-state index in [1.165, 1.54) is 0 Å². The van der Waals surface area contributed by atoms with Gasteiger partial charge in [0.1, 0.15) is 0 Å². The fraction of sp³-hybridized carbons (Fsp3) is 0.600. The largest absolute Gasteiger partial charge is 0.503 e. The van der Waals surface area contributed by atoms with Gasteiger partial charge in [-0.2, -0.15) is 0 Å². The SMILES string of the molecule is CC(C)CC(CN(C)C)NCc1cc(F)c(O)c(F)c1. The average Bonchev–Trinajstić information content (AvgIpc) is 2.31. The summed E-state index contributed by atoms with van der Waals surface area (Å²) in [5.74, 6) is -2.22. The Hall–Kier alpha value is -1.20. The summed E-state index contributed by atoms with van der Waals surface area (Å²) in [4.78, 5) is 2.08. The molecule has 114 valence electrons. The van der Waals surface area contributed by atoms with Crippen molar-refractivity contribution in [1.29, 1.82) is 0 Å². The minimum Gasteiger partial charge on any atom is -0.503 e. The summed E-state index contributed by atoms with van der Waals surface area (Å²) < 4.78 is 26.5. The molecule has 1 atom stereocenters. The van der Waals surface area contributed by atoms with Crippen LogP contribution in [0.1, 0.15) is 25.8 Å². The molecule has 0 aliphatic rings. The van der Waals surface area contributed by atoms with Crippen LogP contribution in [0.5, 0.6) is 5.75 Å². The number of benzene rings is 1. The monoisotopic (exact) mass is 286 g/mol. The molecule has 0 spiro atoms. The lowest BCUT2D eigenvalue weighted by Gasteiger charge is -2.24. The number of hydrogen-bond donors (Lipinski definition) is 2. The number of phenolic OH excluding ortho intramolecular Hbond substituents is 1. The molecule has 0 saturated carbocycles. The van der Waals surface area contributed by atoms with Crippen LogP contribution in [0.15, 0.2) is 12.1 Å².